The van der Waals surface area contributed by atoms with Crippen molar-refractivity contribution in [3.05, 3.63) is 158 Å². The number of hydrogen-bond donors (Lipinski definition) is 0. The SMILES string of the molecule is c1ccc(-c2cc3ccccc3n2-c2ccc(-c3ccc(-n4c5ccccc5c5ccccc54)cc3)cc2)cc1. The van der Waals surface area contributed by atoms with Crippen LogP contribution in [0.25, 0.3) is 66.5 Å². The minimum Gasteiger partial charge on any atom is -0.309 e. The van der Waals surface area contributed by atoms with Gasteiger partial charge >= 0.3 is 0 Å². The molecule has 0 aliphatic carbocycles. The molecule has 0 saturated heterocycles. The minimum absolute atomic E-state index is 1.16. The van der Waals surface area contributed by atoms with E-state index in [1.807, 2.05) is 0 Å². The van der Waals surface area contributed by atoms with Crippen LogP contribution in [0.5, 0.6) is 0 Å². The molecule has 0 radical (unpaired) electrons. The molecular weight excluding hydrogens is 484 g/mol. The Morgan fingerprint density at radius 3 is 1.40 bits per heavy atom. The Morgan fingerprint density at radius 2 is 0.800 bits per heavy atom. The lowest BCUT2D eigenvalue weighted by molar-refractivity contribution is 1.13. The molecule has 40 heavy (non-hydrogen) atoms. The molecule has 188 valence electrons. The van der Waals surface area contributed by atoms with E-state index < -0.39 is 0 Å². The van der Waals surface area contributed by atoms with Gasteiger partial charge in [0.05, 0.1) is 22.2 Å². The summed E-state index contributed by atoms with van der Waals surface area (Å²) in [5, 5.41) is 3.81. The fraction of sp³-hybridized carbons (Fsp3) is 0. The third-order valence-electron chi connectivity index (χ3n) is 7.94. The van der Waals surface area contributed by atoms with Gasteiger partial charge < -0.3 is 9.13 Å². The van der Waals surface area contributed by atoms with E-state index in [0.717, 1.165) is 5.69 Å². The first-order chi connectivity index (χ1) is 19.8. The lowest BCUT2D eigenvalue weighted by Gasteiger charge is -2.13. The highest BCUT2D eigenvalue weighted by Gasteiger charge is 2.13. The third-order valence-corrected chi connectivity index (χ3v) is 7.94. The van der Waals surface area contributed by atoms with E-state index in [4.69, 9.17) is 0 Å². The minimum atomic E-state index is 1.16. The van der Waals surface area contributed by atoms with Crippen LogP contribution < -0.4 is 0 Å². The van der Waals surface area contributed by atoms with Crippen molar-refractivity contribution < 1.29 is 0 Å². The summed E-state index contributed by atoms with van der Waals surface area (Å²) in [5.74, 6) is 0. The van der Waals surface area contributed by atoms with Gasteiger partial charge in [-0.3, -0.25) is 0 Å². The number of rotatable bonds is 4. The van der Waals surface area contributed by atoms with Crippen LogP contribution in [-0.4, -0.2) is 9.13 Å². The van der Waals surface area contributed by atoms with Crippen LogP contribution >= 0.6 is 0 Å². The van der Waals surface area contributed by atoms with Gasteiger partial charge in [-0.2, -0.15) is 0 Å². The van der Waals surface area contributed by atoms with E-state index in [9.17, 15) is 0 Å². The van der Waals surface area contributed by atoms with E-state index in [1.54, 1.807) is 0 Å². The summed E-state index contributed by atoms with van der Waals surface area (Å²) in [7, 11) is 0. The van der Waals surface area contributed by atoms with Crippen molar-refractivity contribution in [2.45, 2.75) is 0 Å². The molecule has 2 aromatic heterocycles. The number of nitrogens with zero attached hydrogens (tertiary/aromatic N) is 2. The molecule has 8 aromatic rings. The largest absolute Gasteiger partial charge is 0.309 e. The average Bonchev–Trinajstić information content (AvgIpc) is 3.58. The van der Waals surface area contributed by atoms with E-state index >= 15 is 0 Å². The molecule has 0 N–H and O–H groups in total. The van der Waals surface area contributed by atoms with Gasteiger partial charge in [-0.1, -0.05) is 109 Å². The molecule has 0 fully saturated rings. The zero-order chi connectivity index (χ0) is 26.5. The second-order valence-electron chi connectivity index (χ2n) is 10.3. The molecule has 0 spiro atoms. The van der Waals surface area contributed by atoms with Crippen molar-refractivity contribution in [3.63, 3.8) is 0 Å². The predicted octanol–water partition coefficient (Wildman–Crippen LogP) is 10.1. The smallest absolute Gasteiger partial charge is 0.0541 e. The zero-order valence-corrected chi connectivity index (χ0v) is 21.9. The van der Waals surface area contributed by atoms with E-state index in [1.165, 1.54) is 60.8 Å². The van der Waals surface area contributed by atoms with Crippen LogP contribution in [0.15, 0.2) is 158 Å². The van der Waals surface area contributed by atoms with Gasteiger partial charge in [-0.05, 0) is 65.2 Å². The second kappa shape index (κ2) is 9.14. The van der Waals surface area contributed by atoms with Gasteiger partial charge in [0, 0.05) is 27.5 Å². The number of aromatic nitrogens is 2. The predicted molar refractivity (Wildman–Crippen MR) is 168 cm³/mol. The van der Waals surface area contributed by atoms with Gasteiger partial charge in [-0.25, -0.2) is 0 Å². The maximum absolute atomic E-state index is 2.36. The monoisotopic (exact) mass is 510 g/mol. The van der Waals surface area contributed by atoms with Crippen molar-refractivity contribution >= 4 is 32.7 Å². The quantitative estimate of drug-likeness (QED) is 0.223. The summed E-state index contributed by atoms with van der Waals surface area (Å²) in [6, 6.07) is 56.6. The fourth-order valence-corrected chi connectivity index (χ4v) is 6.06. The molecule has 0 saturated carbocycles. The zero-order valence-electron chi connectivity index (χ0n) is 21.9. The molecule has 0 aliphatic rings. The molecule has 0 atom stereocenters. The number of benzene rings is 6. The summed E-state index contributed by atoms with van der Waals surface area (Å²) in [6.07, 6.45) is 0. The Labute approximate surface area is 233 Å². The molecular formula is C38H26N2. The molecule has 8 rings (SSSR count). The first-order valence-electron chi connectivity index (χ1n) is 13.7. The summed E-state index contributed by atoms with van der Waals surface area (Å²) in [5.41, 5.74) is 10.8. The van der Waals surface area contributed by atoms with Crippen LogP contribution in [0, 0.1) is 0 Å². The van der Waals surface area contributed by atoms with Crippen molar-refractivity contribution in [1.29, 1.82) is 0 Å². The highest BCUT2D eigenvalue weighted by molar-refractivity contribution is 6.09. The normalized spacial score (nSPS) is 11.5. The van der Waals surface area contributed by atoms with E-state index in [2.05, 4.69) is 167 Å². The molecule has 0 unspecified atom stereocenters. The van der Waals surface area contributed by atoms with Gasteiger partial charge in [-0.15, -0.1) is 0 Å². The summed E-state index contributed by atoms with van der Waals surface area (Å²) in [6.45, 7) is 0. The lowest BCUT2D eigenvalue weighted by atomic mass is 10.0. The Kier molecular flexibility index (Phi) is 5.17. The molecule has 2 heteroatoms. The lowest BCUT2D eigenvalue weighted by Crippen LogP contribution is -1.97. The summed E-state index contributed by atoms with van der Waals surface area (Å²) in [4.78, 5) is 0. The van der Waals surface area contributed by atoms with Gasteiger partial charge in [0.1, 0.15) is 0 Å². The molecule has 0 amide bonds. The van der Waals surface area contributed by atoms with Crippen LogP contribution in [-0.2, 0) is 0 Å². The molecule has 2 nitrogen and oxygen atoms in total. The van der Waals surface area contributed by atoms with Crippen LogP contribution in [0.1, 0.15) is 0 Å². The molecule has 6 aromatic carbocycles. The number of hydrogen-bond acceptors (Lipinski definition) is 0. The van der Waals surface area contributed by atoms with Crippen molar-refractivity contribution in [2.75, 3.05) is 0 Å². The van der Waals surface area contributed by atoms with Gasteiger partial charge in [0.25, 0.3) is 0 Å². The molecule has 2 heterocycles. The maximum Gasteiger partial charge on any atom is 0.0541 e. The van der Waals surface area contributed by atoms with E-state index in [-0.39, 0.29) is 0 Å². The van der Waals surface area contributed by atoms with Crippen molar-refractivity contribution in [3.8, 4) is 33.8 Å². The Morgan fingerprint density at radius 1 is 0.325 bits per heavy atom. The van der Waals surface area contributed by atoms with Crippen LogP contribution in [0.3, 0.4) is 0 Å². The first kappa shape index (κ1) is 22.6. The second-order valence-corrected chi connectivity index (χ2v) is 10.3. The Hall–Kier alpha value is -5.34. The summed E-state index contributed by atoms with van der Waals surface area (Å²) < 4.78 is 4.72. The number of para-hydroxylation sites is 3. The number of fused-ring (bicyclic) bond motifs is 4. The van der Waals surface area contributed by atoms with Crippen LogP contribution in [0.4, 0.5) is 0 Å². The standard InChI is InChI=1S/C38H26N2/c1-2-10-29(11-3-1)38-26-30-12-4-7-15-35(30)39(38)31-22-18-27(19-23-31)28-20-24-32(25-21-28)40-36-16-8-5-13-33(36)34-14-6-9-17-37(34)40/h1-26H. The molecule has 0 aliphatic heterocycles. The van der Waals surface area contributed by atoms with E-state index in [0.29, 0.717) is 0 Å². The third kappa shape index (κ3) is 3.58. The maximum atomic E-state index is 2.36. The highest BCUT2D eigenvalue weighted by Crippen LogP contribution is 2.34. The summed E-state index contributed by atoms with van der Waals surface area (Å²) >= 11 is 0. The topological polar surface area (TPSA) is 9.86 Å². The Bertz CT molecular complexity index is 2070. The highest BCUT2D eigenvalue weighted by atomic mass is 15.0. The fourth-order valence-electron chi connectivity index (χ4n) is 6.06. The Balaban J connectivity index is 1.18. The van der Waals surface area contributed by atoms with Crippen molar-refractivity contribution in [2.24, 2.45) is 0 Å². The molecule has 0 bridgehead atoms. The first-order valence-corrected chi connectivity index (χ1v) is 13.7. The van der Waals surface area contributed by atoms with Gasteiger partial charge in [0.2, 0.25) is 0 Å². The van der Waals surface area contributed by atoms with Gasteiger partial charge in [0.15, 0.2) is 0 Å². The van der Waals surface area contributed by atoms with Crippen molar-refractivity contribution in [1.82, 2.24) is 9.13 Å². The van der Waals surface area contributed by atoms with Crippen LogP contribution in [0.2, 0.25) is 0 Å². The average molecular weight is 511 g/mol.